The Kier molecular flexibility index (Phi) is 5.13. The molecule has 0 unspecified atom stereocenters. The molecule has 1 aromatic carbocycles. The first-order valence-corrected chi connectivity index (χ1v) is 9.54. The van der Waals surface area contributed by atoms with Gasteiger partial charge in [-0.3, -0.25) is 14.6 Å². The van der Waals surface area contributed by atoms with Crippen LogP contribution >= 0.6 is 0 Å². The van der Waals surface area contributed by atoms with Crippen molar-refractivity contribution in [3.8, 4) is 5.75 Å². The van der Waals surface area contributed by atoms with Gasteiger partial charge in [-0.05, 0) is 17.7 Å². The van der Waals surface area contributed by atoms with Crippen molar-refractivity contribution in [1.29, 1.82) is 0 Å². The zero-order valence-electron chi connectivity index (χ0n) is 16.4. The van der Waals surface area contributed by atoms with Crippen molar-refractivity contribution in [2.75, 3.05) is 31.6 Å². The molecule has 4 rings (SSSR count). The van der Waals surface area contributed by atoms with Crippen molar-refractivity contribution in [2.24, 2.45) is 0 Å². The fourth-order valence-corrected chi connectivity index (χ4v) is 3.83. The van der Waals surface area contributed by atoms with E-state index in [4.69, 9.17) is 5.11 Å². The van der Waals surface area contributed by atoms with Gasteiger partial charge in [-0.15, -0.1) is 0 Å². The highest BCUT2D eigenvalue weighted by Crippen LogP contribution is 2.36. The molecule has 0 saturated carbocycles. The van der Waals surface area contributed by atoms with Crippen LogP contribution < -0.4 is 15.8 Å². The van der Waals surface area contributed by atoms with Gasteiger partial charge in [-0.1, -0.05) is 12.1 Å². The van der Waals surface area contributed by atoms with Gasteiger partial charge >= 0.3 is 0 Å². The van der Waals surface area contributed by atoms with E-state index in [1.165, 1.54) is 16.7 Å². The molecule has 0 saturated heterocycles. The number of benzene rings is 1. The molecule has 1 amide bonds. The average Bonchev–Trinajstić information content (AvgIpc) is 2.73. The largest absolute Gasteiger partial charge is 0.505 e. The number of aromatic hydroxyl groups is 1. The first-order chi connectivity index (χ1) is 14.4. The van der Waals surface area contributed by atoms with Crippen LogP contribution in [-0.4, -0.2) is 52.4 Å². The topological polar surface area (TPSA) is 108 Å². The number of hydrogen-bond donors (Lipinski definition) is 3. The van der Waals surface area contributed by atoms with Gasteiger partial charge in [-0.2, -0.15) is 0 Å². The predicted octanol–water partition coefficient (Wildman–Crippen LogP) is 1.00. The van der Waals surface area contributed by atoms with Crippen LogP contribution in [0.15, 0.2) is 35.3 Å². The van der Waals surface area contributed by atoms with Crippen LogP contribution in [0.2, 0.25) is 0 Å². The van der Waals surface area contributed by atoms with Crippen molar-refractivity contribution in [3.63, 3.8) is 0 Å². The predicted molar refractivity (Wildman–Crippen MR) is 110 cm³/mol. The summed E-state index contributed by atoms with van der Waals surface area (Å²) in [5.41, 5.74) is 2.08. The van der Waals surface area contributed by atoms with Crippen LogP contribution in [0.1, 0.15) is 21.5 Å². The van der Waals surface area contributed by atoms with Crippen LogP contribution in [0.3, 0.4) is 0 Å². The molecule has 156 valence electrons. The third-order valence-corrected chi connectivity index (χ3v) is 5.27. The highest BCUT2D eigenvalue weighted by Gasteiger charge is 2.29. The van der Waals surface area contributed by atoms with E-state index >= 15 is 0 Å². The number of nitrogens with one attached hydrogen (secondary N) is 1. The van der Waals surface area contributed by atoms with Gasteiger partial charge in [0.1, 0.15) is 16.9 Å². The lowest BCUT2D eigenvalue weighted by molar-refractivity contribution is 0.0940. The summed E-state index contributed by atoms with van der Waals surface area (Å²) < 4.78 is 14.7. The lowest BCUT2D eigenvalue weighted by Crippen LogP contribution is -2.39. The number of hydrogen-bond acceptors (Lipinski definition) is 6. The molecule has 2 aromatic heterocycles. The number of nitrogens with zero attached hydrogens (tertiary/aromatic N) is 3. The summed E-state index contributed by atoms with van der Waals surface area (Å²) in [4.78, 5) is 31.8. The van der Waals surface area contributed by atoms with E-state index in [1.807, 2.05) is 11.9 Å². The number of aliphatic hydroxyl groups is 1. The van der Waals surface area contributed by atoms with Gasteiger partial charge in [0, 0.05) is 44.9 Å². The summed E-state index contributed by atoms with van der Waals surface area (Å²) in [6, 6.07) is 6.15. The van der Waals surface area contributed by atoms with Gasteiger partial charge < -0.3 is 25.0 Å². The molecule has 0 spiro atoms. The number of rotatable bonds is 5. The van der Waals surface area contributed by atoms with Gasteiger partial charge in [-0.25, -0.2) is 4.39 Å². The third-order valence-electron chi connectivity index (χ3n) is 5.27. The number of pyridine rings is 2. The molecule has 3 aromatic rings. The number of anilines is 1. The lowest BCUT2D eigenvalue weighted by Gasteiger charge is -2.31. The smallest absolute Gasteiger partial charge is 0.267 e. The number of aliphatic hydroxyl groups excluding tert-OH is 1. The molecular formula is C21H21FN4O4. The Balaban J connectivity index is 1.90. The summed E-state index contributed by atoms with van der Waals surface area (Å²) in [5.74, 6) is -1.55. The van der Waals surface area contributed by atoms with Crippen LogP contribution in [0.25, 0.3) is 11.0 Å². The van der Waals surface area contributed by atoms with Crippen LogP contribution in [0.5, 0.6) is 5.75 Å². The van der Waals surface area contributed by atoms with E-state index in [0.29, 0.717) is 25.0 Å². The molecule has 3 heterocycles. The Bertz CT molecular complexity index is 1190. The van der Waals surface area contributed by atoms with Crippen molar-refractivity contribution in [1.82, 2.24) is 14.9 Å². The minimum Gasteiger partial charge on any atom is -0.505 e. The van der Waals surface area contributed by atoms with Gasteiger partial charge in [0.2, 0.25) is 0 Å². The van der Waals surface area contributed by atoms with E-state index in [2.05, 4.69) is 10.3 Å². The molecule has 30 heavy (non-hydrogen) atoms. The summed E-state index contributed by atoms with van der Waals surface area (Å²) in [7, 11) is 1.88. The maximum absolute atomic E-state index is 13.2. The van der Waals surface area contributed by atoms with E-state index in [1.54, 1.807) is 18.3 Å². The van der Waals surface area contributed by atoms with Gasteiger partial charge in [0.05, 0.1) is 17.8 Å². The number of halogens is 1. The number of amides is 1. The summed E-state index contributed by atoms with van der Waals surface area (Å²) in [6.45, 7) is 0.550. The van der Waals surface area contributed by atoms with E-state index in [0.717, 1.165) is 16.8 Å². The molecule has 9 heteroatoms. The number of aromatic nitrogens is 2. The normalized spacial score (nSPS) is 13.0. The molecule has 0 radical (unpaired) electrons. The highest BCUT2D eigenvalue weighted by molar-refractivity contribution is 6.04. The molecule has 3 N–H and O–H groups in total. The Morgan fingerprint density at radius 2 is 2.00 bits per heavy atom. The maximum Gasteiger partial charge on any atom is 0.267 e. The number of carbonyl (C=O) groups excluding carboxylic acids is 1. The second-order valence-corrected chi connectivity index (χ2v) is 7.21. The second kappa shape index (κ2) is 7.75. The van der Waals surface area contributed by atoms with E-state index < -0.39 is 17.2 Å². The highest BCUT2D eigenvalue weighted by atomic mass is 19.1. The summed E-state index contributed by atoms with van der Waals surface area (Å²) in [6.07, 6.45) is 2.07. The zero-order chi connectivity index (χ0) is 21.4. The number of carbonyl (C=O) groups is 1. The molecular weight excluding hydrogens is 391 g/mol. The van der Waals surface area contributed by atoms with E-state index in [-0.39, 0.29) is 30.0 Å². The number of likely N-dealkylation sites (N-methyl/N-ethyl adjacent to an activating group) is 1. The fraction of sp³-hybridized carbons (Fsp3) is 0.286. The Morgan fingerprint density at radius 3 is 2.70 bits per heavy atom. The molecule has 0 fully saturated rings. The van der Waals surface area contributed by atoms with Crippen LogP contribution in [0, 0.1) is 5.82 Å². The maximum atomic E-state index is 13.2. The van der Waals surface area contributed by atoms with Crippen molar-refractivity contribution in [2.45, 2.75) is 13.0 Å². The molecule has 0 atom stereocenters. The van der Waals surface area contributed by atoms with Crippen molar-refractivity contribution >= 4 is 22.6 Å². The SMILES string of the molecule is CN1CCn2c(=O)c(C(=O)NCCO)c(O)c3ncc(Cc4ccc(F)cc4)c1c32. The van der Waals surface area contributed by atoms with Crippen molar-refractivity contribution in [3.05, 3.63) is 63.3 Å². The Hall–Kier alpha value is -3.46. The molecule has 0 aliphatic carbocycles. The lowest BCUT2D eigenvalue weighted by atomic mass is 10.0. The zero-order valence-corrected chi connectivity index (χ0v) is 16.4. The minimum absolute atomic E-state index is 0.0340. The first kappa shape index (κ1) is 19.8. The average molecular weight is 412 g/mol. The first-order valence-electron chi connectivity index (χ1n) is 9.54. The summed E-state index contributed by atoms with van der Waals surface area (Å²) >= 11 is 0. The third kappa shape index (κ3) is 3.26. The molecule has 8 nitrogen and oxygen atoms in total. The minimum atomic E-state index is -0.755. The summed E-state index contributed by atoms with van der Waals surface area (Å²) in [5, 5.41) is 22.0. The van der Waals surface area contributed by atoms with Gasteiger partial charge in [0.15, 0.2) is 5.75 Å². The van der Waals surface area contributed by atoms with Crippen LogP contribution in [-0.2, 0) is 13.0 Å². The monoisotopic (exact) mass is 412 g/mol. The Labute approximate surface area is 171 Å². The quantitative estimate of drug-likeness (QED) is 0.577. The van der Waals surface area contributed by atoms with Crippen molar-refractivity contribution < 1.29 is 19.4 Å². The Morgan fingerprint density at radius 1 is 1.27 bits per heavy atom. The van der Waals surface area contributed by atoms with Gasteiger partial charge in [0.25, 0.3) is 11.5 Å². The second-order valence-electron chi connectivity index (χ2n) is 7.21. The molecule has 0 bridgehead atoms. The van der Waals surface area contributed by atoms with Crippen LogP contribution in [0.4, 0.5) is 10.1 Å². The molecule has 1 aliphatic heterocycles. The van der Waals surface area contributed by atoms with E-state index in [9.17, 15) is 19.1 Å². The molecule has 1 aliphatic rings. The standard InChI is InChI=1S/C21H21FN4O4/c1-25-7-8-26-18-16(19(28)15(21(26)30)20(29)23-6-9-27)24-11-13(17(18)25)10-12-2-4-14(22)5-3-12/h2-5,11,27-28H,6-10H2,1H3,(H,23,29). The fourth-order valence-electron chi connectivity index (χ4n) is 3.83.